The van der Waals surface area contributed by atoms with Crippen LogP contribution in [0.1, 0.15) is 61.2 Å². The van der Waals surface area contributed by atoms with E-state index >= 15 is 0 Å². The highest BCUT2D eigenvalue weighted by atomic mass is 16.1. The number of nitrogens with one attached hydrogen (secondary N) is 1. The van der Waals surface area contributed by atoms with E-state index in [1.54, 1.807) is 6.20 Å². The fraction of sp³-hybridized carbons (Fsp3) is 0.579. The van der Waals surface area contributed by atoms with E-state index in [9.17, 15) is 4.79 Å². The molecule has 0 bridgehead atoms. The molecular formula is C19H28N6O. The third-order valence-corrected chi connectivity index (χ3v) is 5.10. The second-order valence-electron chi connectivity index (χ2n) is 6.91. The van der Waals surface area contributed by atoms with Crippen molar-refractivity contribution in [3.05, 3.63) is 40.7 Å². The lowest BCUT2D eigenvalue weighted by Crippen LogP contribution is -2.26. The number of rotatable bonds is 6. The van der Waals surface area contributed by atoms with Crippen molar-refractivity contribution in [2.24, 2.45) is 0 Å². The molecule has 0 aromatic carbocycles. The predicted octanol–water partition coefficient (Wildman–Crippen LogP) is 2.28. The van der Waals surface area contributed by atoms with Crippen LogP contribution in [0, 0.1) is 13.8 Å². The normalized spacial score (nSPS) is 17.6. The summed E-state index contributed by atoms with van der Waals surface area (Å²) in [6.45, 7) is 11.1. The van der Waals surface area contributed by atoms with Gasteiger partial charge in [0, 0.05) is 37.5 Å². The molecule has 1 N–H and O–H groups in total. The Labute approximate surface area is 154 Å². The zero-order valence-electron chi connectivity index (χ0n) is 16.1. The van der Waals surface area contributed by atoms with E-state index in [2.05, 4.69) is 45.8 Å². The monoisotopic (exact) mass is 356 g/mol. The predicted molar refractivity (Wildman–Crippen MR) is 99.3 cm³/mol. The third kappa shape index (κ3) is 3.93. The summed E-state index contributed by atoms with van der Waals surface area (Å²) >= 11 is 0. The molecule has 0 radical (unpaired) electrons. The Morgan fingerprint density at radius 3 is 2.88 bits per heavy atom. The summed E-state index contributed by atoms with van der Waals surface area (Å²) in [7, 11) is 0. The average molecular weight is 356 g/mol. The van der Waals surface area contributed by atoms with Crippen molar-refractivity contribution < 1.29 is 4.79 Å². The molecule has 1 atom stereocenters. The fourth-order valence-corrected chi connectivity index (χ4v) is 3.67. The quantitative estimate of drug-likeness (QED) is 0.859. The van der Waals surface area contributed by atoms with E-state index in [4.69, 9.17) is 4.98 Å². The lowest BCUT2D eigenvalue weighted by molar-refractivity contribution is -0.119. The Kier molecular flexibility index (Phi) is 5.66. The number of aryl methyl sites for hydroxylation is 2. The third-order valence-electron chi connectivity index (χ3n) is 5.10. The molecule has 7 heteroatoms. The van der Waals surface area contributed by atoms with Crippen LogP contribution in [0.15, 0.2) is 12.3 Å². The molecule has 7 nitrogen and oxygen atoms in total. The van der Waals surface area contributed by atoms with Gasteiger partial charge < -0.3 is 5.32 Å². The van der Waals surface area contributed by atoms with Crippen LogP contribution < -0.4 is 5.32 Å². The van der Waals surface area contributed by atoms with Gasteiger partial charge in [0.2, 0.25) is 5.91 Å². The van der Waals surface area contributed by atoms with Crippen molar-refractivity contribution in [2.45, 2.75) is 66.2 Å². The molecule has 3 rings (SSSR count). The molecule has 2 aromatic heterocycles. The lowest BCUT2D eigenvalue weighted by atomic mass is 10.1. The molecule has 0 saturated carbocycles. The number of hydrogen-bond acceptors (Lipinski definition) is 5. The van der Waals surface area contributed by atoms with Crippen LogP contribution in [0.3, 0.4) is 0 Å². The van der Waals surface area contributed by atoms with Crippen LogP contribution in [0.2, 0.25) is 0 Å². The summed E-state index contributed by atoms with van der Waals surface area (Å²) < 4.78 is 2.07. The van der Waals surface area contributed by atoms with Crippen molar-refractivity contribution in [1.82, 2.24) is 30.0 Å². The molecule has 1 aliphatic heterocycles. The van der Waals surface area contributed by atoms with E-state index in [1.165, 1.54) is 18.2 Å². The van der Waals surface area contributed by atoms with Gasteiger partial charge in [-0.05, 0) is 46.2 Å². The zero-order chi connectivity index (χ0) is 18.7. The molecular weight excluding hydrogens is 328 g/mol. The summed E-state index contributed by atoms with van der Waals surface area (Å²) in [5, 5.41) is 7.44. The van der Waals surface area contributed by atoms with Crippen LogP contribution in [0.5, 0.6) is 0 Å². The summed E-state index contributed by atoms with van der Waals surface area (Å²) in [5.41, 5.74) is 4.52. The summed E-state index contributed by atoms with van der Waals surface area (Å²) in [6, 6.07) is 2.08. The maximum absolute atomic E-state index is 11.1. The van der Waals surface area contributed by atoms with Crippen LogP contribution in [0.4, 0.5) is 0 Å². The van der Waals surface area contributed by atoms with Gasteiger partial charge in [-0.2, -0.15) is 5.10 Å². The fourth-order valence-electron chi connectivity index (χ4n) is 3.67. The molecule has 1 aliphatic rings. The van der Waals surface area contributed by atoms with Gasteiger partial charge in [0.25, 0.3) is 0 Å². The molecule has 0 spiro atoms. The summed E-state index contributed by atoms with van der Waals surface area (Å²) in [5.74, 6) is 0.801. The van der Waals surface area contributed by atoms with Crippen molar-refractivity contribution in [3.63, 3.8) is 0 Å². The van der Waals surface area contributed by atoms with E-state index in [1.807, 2.05) is 6.07 Å². The highest BCUT2D eigenvalue weighted by Gasteiger charge is 2.29. The summed E-state index contributed by atoms with van der Waals surface area (Å²) in [4.78, 5) is 22.8. The number of likely N-dealkylation sites (tertiary alicyclic amines) is 1. The highest BCUT2D eigenvalue weighted by Crippen LogP contribution is 2.32. The van der Waals surface area contributed by atoms with Crippen LogP contribution >= 0.6 is 0 Å². The molecule has 2 aromatic rings. The van der Waals surface area contributed by atoms with Crippen molar-refractivity contribution in [1.29, 1.82) is 0 Å². The smallest absolute Gasteiger partial charge is 0.217 e. The van der Waals surface area contributed by atoms with Gasteiger partial charge >= 0.3 is 0 Å². The van der Waals surface area contributed by atoms with Crippen LogP contribution in [-0.2, 0) is 24.4 Å². The standard InChI is InChI=1S/C19H28N6O/c1-5-25-14(3)17(13(2)23-25)12-24-10-6-7-18(24)19-20-9-8-16(22-19)11-21-15(4)26/h8-9,18H,5-7,10-12H2,1-4H3,(H,21,26). The Balaban J connectivity index is 1.77. The minimum Gasteiger partial charge on any atom is -0.351 e. The molecule has 1 saturated heterocycles. The molecule has 0 aliphatic carbocycles. The summed E-state index contributed by atoms with van der Waals surface area (Å²) in [6.07, 6.45) is 4.00. The second-order valence-corrected chi connectivity index (χ2v) is 6.91. The zero-order valence-corrected chi connectivity index (χ0v) is 16.1. The van der Waals surface area contributed by atoms with Crippen molar-refractivity contribution in [2.75, 3.05) is 6.54 Å². The number of carbonyl (C=O) groups is 1. The largest absolute Gasteiger partial charge is 0.351 e. The average Bonchev–Trinajstić information content (AvgIpc) is 3.20. The van der Waals surface area contributed by atoms with E-state index in [0.717, 1.165) is 49.7 Å². The molecule has 1 fully saturated rings. The lowest BCUT2D eigenvalue weighted by Gasteiger charge is -2.23. The maximum atomic E-state index is 11.1. The molecule has 1 amide bonds. The first-order valence-corrected chi connectivity index (χ1v) is 9.32. The van der Waals surface area contributed by atoms with Crippen molar-refractivity contribution in [3.8, 4) is 0 Å². The number of aromatic nitrogens is 4. The van der Waals surface area contributed by atoms with Crippen molar-refractivity contribution >= 4 is 5.91 Å². The van der Waals surface area contributed by atoms with E-state index in [-0.39, 0.29) is 11.9 Å². The van der Waals surface area contributed by atoms with Gasteiger partial charge in [0.15, 0.2) is 0 Å². The Bertz CT molecular complexity index is 784. The van der Waals surface area contributed by atoms with Gasteiger partial charge in [0.05, 0.1) is 24.0 Å². The SMILES string of the molecule is CCn1nc(C)c(CN2CCCC2c2nccc(CNC(C)=O)n2)c1C. The molecule has 140 valence electrons. The molecule has 26 heavy (non-hydrogen) atoms. The van der Waals surface area contributed by atoms with Gasteiger partial charge in [-0.3, -0.25) is 14.4 Å². The Morgan fingerprint density at radius 1 is 1.38 bits per heavy atom. The van der Waals surface area contributed by atoms with Gasteiger partial charge in [0.1, 0.15) is 5.82 Å². The first-order valence-electron chi connectivity index (χ1n) is 9.32. The minimum absolute atomic E-state index is 0.0495. The second kappa shape index (κ2) is 7.95. The van der Waals surface area contributed by atoms with Gasteiger partial charge in [-0.1, -0.05) is 0 Å². The maximum Gasteiger partial charge on any atom is 0.217 e. The molecule has 1 unspecified atom stereocenters. The topological polar surface area (TPSA) is 75.9 Å². The first kappa shape index (κ1) is 18.5. The van der Waals surface area contributed by atoms with Gasteiger partial charge in [-0.15, -0.1) is 0 Å². The Hall–Kier alpha value is -2.28. The van der Waals surface area contributed by atoms with Crippen LogP contribution in [0.25, 0.3) is 0 Å². The van der Waals surface area contributed by atoms with Crippen LogP contribution in [-0.4, -0.2) is 37.1 Å². The number of hydrogen-bond donors (Lipinski definition) is 1. The number of amides is 1. The molecule has 3 heterocycles. The van der Waals surface area contributed by atoms with E-state index in [0.29, 0.717) is 6.54 Å². The number of carbonyl (C=O) groups excluding carboxylic acids is 1. The first-order chi connectivity index (χ1) is 12.5. The Morgan fingerprint density at radius 2 is 2.19 bits per heavy atom. The van der Waals surface area contributed by atoms with E-state index < -0.39 is 0 Å². The van der Waals surface area contributed by atoms with Gasteiger partial charge in [-0.25, -0.2) is 9.97 Å². The number of nitrogens with zero attached hydrogens (tertiary/aromatic N) is 5. The minimum atomic E-state index is -0.0495. The highest BCUT2D eigenvalue weighted by molar-refractivity contribution is 5.72.